The van der Waals surface area contributed by atoms with Gasteiger partial charge in [0.15, 0.2) is 17.3 Å². The number of ketones is 3. The van der Waals surface area contributed by atoms with Gasteiger partial charge >= 0.3 is 0 Å². The molecule has 5 aliphatic rings. The van der Waals surface area contributed by atoms with Crippen molar-refractivity contribution in [2.24, 2.45) is 17.6 Å². The maximum atomic E-state index is 15.6. The molecule has 0 saturated heterocycles. The normalized spacial score (nSPS) is 22.2. The standard InChI is InChI=1S/C57H57ClN6O14S.W.Y/c1-24(2)14-38(60-5)56(75)64-51-41(69)17-31(20-46(59)71)54(73)63-50-30-18-44(53(79)45(19-30)78-43-13-9-29(52(51)72)16-37(43)58)77-33-10-6-27(7-11-33)25(3)48-57(76)62-49(26(4)65)36-21-32(66)22-40(68)47(36)35-15-28(8-12-39(35)67)34(23-42(50)70)55(74)61-48;;/h6-10,12-13,15-16,18-19,21,24-25,31,34,38,48-52,60,66-68,72,79H,14,17,20,23H2,1-5H3,(H2,59,71)(H,61,74)(H,62,76)(H,63,73)(H,64,75);;/q-2;;. The maximum Gasteiger partial charge on any atom is 0.242 e. The molecule has 5 aromatic carbocycles. The number of hydrogen-bond donors (Lipinski definition) is 11. The molecule has 20 nitrogen and oxygen atoms in total. The number of nitrogens with one attached hydrogen (secondary N) is 5. The van der Waals surface area contributed by atoms with Crippen molar-refractivity contribution in [3.8, 4) is 51.4 Å². The number of benzene rings is 5. The number of phenols is 3. The van der Waals surface area contributed by atoms with E-state index in [1.54, 1.807) is 20.0 Å². The molecule has 11 N–H and O–H groups in total. The summed E-state index contributed by atoms with van der Waals surface area (Å²) in [6.07, 6.45) is -3.87. The molecule has 24 heteroatoms. The molecule has 9 unspecified atom stereocenters. The third-order valence-corrected chi connectivity index (χ3v) is 15.0. The number of Topliss-reactive ketones (excluding diaryl/α,β-unsaturated/α-hetero) is 3. The molecule has 81 heavy (non-hydrogen) atoms. The van der Waals surface area contributed by atoms with E-state index in [9.17, 15) is 49.2 Å². The van der Waals surface area contributed by atoms with E-state index in [1.807, 2.05) is 13.8 Å². The van der Waals surface area contributed by atoms with Crippen LogP contribution in [0.4, 0.5) is 0 Å². The predicted octanol–water partition coefficient (Wildman–Crippen LogP) is 5.47. The fraction of sp³-hybridized carbons (Fsp3) is 0.333. The summed E-state index contributed by atoms with van der Waals surface area (Å²) in [5.74, 6) is -13.3. The van der Waals surface area contributed by atoms with Gasteiger partial charge in [-0.05, 0) is 84.8 Å². The van der Waals surface area contributed by atoms with Crippen LogP contribution in [-0.4, -0.2) is 92.5 Å². The Kier molecular flexibility index (Phi) is 21.2. The van der Waals surface area contributed by atoms with E-state index in [1.165, 1.54) is 60.7 Å². The fourth-order valence-corrected chi connectivity index (χ4v) is 10.5. The topological polar surface area (TPSA) is 322 Å². The van der Waals surface area contributed by atoms with E-state index in [4.69, 9.17) is 39.4 Å². The zero-order valence-corrected chi connectivity index (χ0v) is 51.7. The van der Waals surface area contributed by atoms with Crippen LogP contribution in [0.5, 0.6) is 40.2 Å². The first-order valence-corrected chi connectivity index (χ1v) is 26.0. The van der Waals surface area contributed by atoms with E-state index in [0.717, 1.165) is 13.0 Å². The number of amides is 5. The second-order valence-electron chi connectivity index (χ2n) is 20.3. The molecule has 0 aliphatic carbocycles. The molecule has 5 aliphatic heterocycles. The van der Waals surface area contributed by atoms with Crippen LogP contribution in [0, 0.1) is 24.0 Å². The van der Waals surface area contributed by atoms with Crippen LogP contribution >= 0.6 is 24.2 Å². The summed E-state index contributed by atoms with van der Waals surface area (Å²) in [5, 5.41) is 59.0. The predicted molar refractivity (Wildman–Crippen MR) is 288 cm³/mol. The van der Waals surface area contributed by atoms with Gasteiger partial charge in [-0.25, -0.2) is 0 Å². The fourth-order valence-electron chi connectivity index (χ4n) is 10.0. The average Bonchev–Trinajstić information content (AvgIpc) is 3.45. The van der Waals surface area contributed by atoms with Gasteiger partial charge in [0.1, 0.15) is 47.2 Å². The smallest absolute Gasteiger partial charge is 0.242 e. The van der Waals surface area contributed by atoms with Gasteiger partial charge in [0.2, 0.25) is 29.5 Å². The van der Waals surface area contributed by atoms with Crippen molar-refractivity contribution in [1.29, 1.82) is 0 Å². The molecule has 0 saturated carbocycles. The molecule has 0 spiro atoms. The van der Waals surface area contributed by atoms with Gasteiger partial charge in [-0.1, -0.05) is 62.2 Å². The van der Waals surface area contributed by atoms with Gasteiger partial charge in [0.05, 0.1) is 33.8 Å². The number of ether oxygens (including phenoxy) is 2. The molecular formula is C57H57ClN6O14SWY-2. The molecule has 0 fully saturated rings. The summed E-state index contributed by atoms with van der Waals surface area (Å²) in [5.41, 5.74) is 5.54. The first-order chi connectivity index (χ1) is 37.4. The molecule has 5 aromatic rings. The van der Waals surface area contributed by atoms with Gasteiger partial charge in [-0.3, -0.25) is 38.4 Å². The monoisotopic (exact) mass is 1390 g/mol. The van der Waals surface area contributed by atoms with E-state index in [0.29, 0.717) is 12.0 Å². The van der Waals surface area contributed by atoms with Gasteiger partial charge in [0, 0.05) is 90.3 Å². The van der Waals surface area contributed by atoms with Crippen LogP contribution in [0.2, 0.25) is 5.02 Å². The summed E-state index contributed by atoms with van der Waals surface area (Å²) in [6.45, 7) is 6.54. The van der Waals surface area contributed by atoms with E-state index in [2.05, 4.69) is 38.7 Å². The largest absolute Gasteiger partial charge is 0.534 e. The number of phenolic OH excluding ortho intramolecular Hbond substituents is 3. The number of aromatic hydroxyl groups is 3. The SMILES string of the molecule is CNC(CC(C)C)C(=O)NC1C(=O)CC(CC(N)=O)C(=O)NC2C(=O)CC3C(=O)NC(C(=O)NC(C(C)=O)c4cc(O)[c-]c(O)c4-c4cc3ccc4O)C(C)c3c[c-]c(cc3)Oc3cc2cc(c3S)Oc2ccc(cc2Cl)C1O.[W].[Y]. The zero-order chi connectivity index (χ0) is 57.3. The van der Waals surface area contributed by atoms with Gasteiger partial charge < -0.3 is 62.2 Å². The molecule has 9 atom stereocenters. The first kappa shape index (κ1) is 64.0. The van der Waals surface area contributed by atoms with Crippen molar-refractivity contribution in [3.05, 3.63) is 118 Å². The molecule has 11 bridgehead atoms. The average molecular weight is 1390 g/mol. The number of aliphatic hydroxyl groups excluding tert-OH is 1. The Morgan fingerprint density at radius 2 is 1.52 bits per heavy atom. The number of aliphatic hydroxyl groups is 1. The molecule has 5 heterocycles. The van der Waals surface area contributed by atoms with Gasteiger partial charge in [-0.2, -0.15) is 17.7 Å². The minimum atomic E-state index is -1.84. The number of fused-ring (bicyclic) bond motifs is 15. The van der Waals surface area contributed by atoms with E-state index < -0.39 is 137 Å². The Hall–Kier alpha value is -6.19. The number of rotatable bonds is 8. The third kappa shape index (κ3) is 14.2. The van der Waals surface area contributed by atoms with Crippen LogP contribution in [0.3, 0.4) is 0 Å². The van der Waals surface area contributed by atoms with Crippen molar-refractivity contribution in [2.75, 3.05) is 7.05 Å². The minimum Gasteiger partial charge on any atom is -0.534 e. The molecular weight excluding hydrogens is 1330 g/mol. The summed E-state index contributed by atoms with van der Waals surface area (Å²) in [6, 6.07) is 14.1. The van der Waals surface area contributed by atoms with E-state index in [-0.39, 0.29) is 126 Å². The summed E-state index contributed by atoms with van der Waals surface area (Å²) in [4.78, 5) is 115. The van der Waals surface area contributed by atoms with Crippen molar-refractivity contribution >= 4 is 71.1 Å². The van der Waals surface area contributed by atoms with Crippen LogP contribution in [0.1, 0.15) is 111 Å². The summed E-state index contributed by atoms with van der Waals surface area (Å²) >= 11 is 11.6. The first-order valence-electron chi connectivity index (χ1n) is 25.2. The third-order valence-electron chi connectivity index (χ3n) is 14.2. The second-order valence-corrected chi connectivity index (χ2v) is 21.1. The maximum absolute atomic E-state index is 15.6. The Morgan fingerprint density at radius 3 is 2.15 bits per heavy atom. The second kappa shape index (κ2) is 26.8. The number of nitrogens with two attached hydrogens (primary N) is 1. The molecule has 1 radical (unpaired) electrons. The molecule has 5 amide bonds. The Morgan fingerprint density at radius 1 is 0.840 bits per heavy atom. The van der Waals surface area contributed by atoms with E-state index >= 15 is 9.59 Å². The Bertz CT molecular complexity index is 3320. The van der Waals surface area contributed by atoms with Crippen LogP contribution in [0.25, 0.3) is 11.1 Å². The number of carbonyl (C=O) groups is 8. The summed E-state index contributed by atoms with van der Waals surface area (Å²) in [7, 11) is 1.55. The van der Waals surface area contributed by atoms with Crippen LogP contribution in [-0.2, 0) is 92.1 Å². The number of halogens is 1. The molecule has 423 valence electrons. The van der Waals surface area contributed by atoms with Crippen LogP contribution < -0.4 is 41.8 Å². The van der Waals surface area contributed by atoms with Crippen molar-refractivity contribution in [3.63, 3.8) is 0 Å². The molecule has 0 aromatic heterocycles. The van der Waals surface area contributed by atoms with Gasteiger partial charge in [0.25, 0.3) is 0 Å². The van der Waals surface area contributed by atoms with Crippen LogP contribution in [0.15, 0.2) is 77.7 Å². The molecule has 10 rings (SSSR count). The number of thiol groups is 1. The summed E-state index contributed by atoms with van der Waals surface area (Å²) < 4.78 is 12.7. The number of carbonyl (C=O) groups excluding carboxylic acids is 8. The number of likely N-dealkylation sites (N-methyl/N-ethyl adjacent to an activating group) is 1. The quantitative estimate of drug-likeness (QED) is 0.0678. The zero-order valence-electron chi connectivity index (χ0n) is 44.3. The van der Waals surface area contributed by atoms with Gasteiger partial charge in [-0.15, -0.1) is 36.4 Å². The Balaban J connectivity index is 0.00000528. The number of primary amides is 1. The minimum absolute atomic E-state index is 0. The van der Waals surface area contributed by atoms with Crippen molar-refractivity contribution in [2.45, 2.75) is 106 Å². The Labute approximate surface area is 516 Å². The van der Waals surface area contributed by atoms with Crippen molar-refractivity contribution < 1.29 is 122 Å². The van der Waals surface area contributed by atoms with Crippen molar-refractivity contribution in [1.82, 2.24) is 26.6 Å². The number of hydrogen-bond acceptors (Lipinski definition) is 16.